The van der Waals surface area contributed by atoms with Crippen LogP contribution in [-0.4, -0.2) is 39.8 Å². The van der Waals surface area contributed by atoms with E-state index in [4.69, 9.17) is 0 Å². The zero-order chi connectivity index (χ0) is 17.7. The van der Waals surface area contributed by atoms with Gasteiger partial charge in [0.25, 0.3) is 0 Å². The van der Waals surface area contributed by atoms with Crippen LogP contribution >= 0.6 is 24.0 Å². The van der Waals surface area contributed by atoms with Crippen LogP contribution in [0.1, 0.15) is 37.9 Å². The Bertz CT molecular complexity index is 660. The monoisotopic (exact) mass is 468 g/mol. The lowest BCUT2D eigenvalue weighted by atomic mass is 10.0. The molecular formula is C16H29IN4O2S. The highest BCUT2D eigenvalue weighted by molar-refractivity contribution is 14.0. The van der Waals surface area contributed by atoms with Crippen molar-refractivity contribution in [3.8, 4) is 0 Å². The highest BCUT2D eigenvalue weighted by atomic mass is 127. The summed E-state index contributed by atoms with van der Waals surface area (Å²) in [6, 6.07) is 8.26. The number of aryl methyl sites for hydroxylation is 1. The second kappa shape index (κ2) is 9.57. The van der Waals surface area contributed by atoms with Crippen LogP contribution in [0.4, 0.5) is 0 Å². The molecule has 1 unspecified atom stereocenters. The third kappa shape index (κ3) is 8.29. The molecule has 0 bridgehead atoms. The molecule has 1 aromatic carbocycles. The van der Waals surface area contributed by atoms with Gasteiger partial charge < -0.3 is 10.6 Å². The number of sulfonamides is 1. The predicted octanol–water partition coefficient (Wildman–Crippen LogP) is 2.17. The molecule has 138 valence electrons. The molecule has 0 saturated carbocycles. The highest BCUT2D eigenvalue weighted by Gasteiger charge is 2.22. The molecule has 1 atom stereocenters. The smallest absolute Gasteiger partial charge is 0.209 e. The first-order valence-corrected chi connectivity index (χ1v) is 9.45. The van der Waals surface area contributed by atoms with Crippen molar-refractivity contribution in [1.29, 1.82) is 0 Å². The molecule has 1 aromatic rings. The molecule has 0 aromatic heterocycles. The van der Waals surface area contributed by atoms with E-state index in [-0.39, 0.29) is 30.0 Å². The van der Waals surface area contributed by atoms with Crippen LogP contribution < -0.4 is 15.4 Å². The van der Waals surface area contributed by atoms with Gasteiger partial charge in [-0.3, -0.25) is 4.99 Å². The molecule has 3 N–H and O–H groups in total. The summed E-state index contributed by atoms with van der Waals surface area (Å²) in [4.78, 5) is 4.20. The van der Waals surface area contributed by atoms with Crippen molar-refractivity contribution >= 4 is 40.0 Å². The summed E-state index contributed by atoms with van der Waals surface area (Å²) in [6.07, 6.45) is 1.15. The minimum absolute atomic E-state index is 0. The first-order valence-electron chi connectivity index (χ1n) is 7.56. The number of hydrogen-bond acceptors (Lipinski definition) is 3. The topological polar surface area (TPSA) is 82.6 Å². The van der Waals surface area contributed by atoms with Crippen LogP contribution in [-0.2, 0) is 10.0 Å². The number of guanidine groups is 1. The Morgan fingerprint density at radius 1 is 1.29 bits per heavy atom. The van der Waals surface area contributed by atoms with Gasteiger partial charge in [0.2, 0.25) is 10.0 Å². The molecule has 24 heavy (non-hydrogen) atoms. The zero-order valence-corrected chi connectivity index (χ0v) is 18.3. The summed E-state index contributed by atoms with van der Waals surface area (Å²) in [5.74, 6) is 0.629. The van der Waals surface area contributed by atoms with Gasteiger partial charge >= 0.3 is 0 Å². The van der Waals surface area contributed by atoms with Crippen LogP contribution in [0, 0.1) is 6.92 Å². The molecule has 6 nitrogen and oxygen atoms in total. The minimum atomic E-state index is -3.26. The maximum absolute atomic E-state index is 11.4. The fourth-order valence-corrected chi connectivity index (χ4v) is 3.47. The zero-order valence-electron chi connectivity index (χ0n) is 15.2. The van der Waals surface area contributed by atoms with Gasteiger partial charge in [0.15, 0.2) is 5.96 Å². The van der Waals surface area contributed by atoms with Gasteiger partial charge in [-0.1, -0.05) is 24.3 Å². The lowest BCUT2D eigenvalue weighted by Gasteiger charge is -2.27. The first-order chi connectivity index (χ1) is 10.5. The van der Waals surface area contributed by atoms with Gasteiger partial charge in [-0.05, 0) is 38.8 Å². The second-order valence-corrected chi connectivity index (χ2v) is 8.15. The van der Waals surface area contributed by atoms with Crippen molar-refractivity contribution in [2.75, 3.05) is 19.8 Å². The standard InChI is InChI=1S/C16H28N4O2S.HI/c1-12-9-7-8-10-14(12)13(2)19-15(17-5)18-11-16(3,4)20-23(6,21)22;/h7-10,13,20H,11H2,1-6H3,(H2,17,18,19);1H. The molecule has 0 aliphatic heterocycles. The first kappa shape index (κ1) is 23.1. The Balaban J connectivity index is 0.00000529. The van der Waals surface area contributed by atoms with Crippen LogP contribution in [0.15, 0.2) is 29.3 Å². The fourth-order valence-electron chi connectivity index (χ4n) is 2.39. The lowest BCUT2D eigenvalue weighted by molar-refractivity contribution is 0.445. The predicted molar refractivity (Wildman–Crippen MR) is 112 cm³/mol. The lowest BCUT2D eigenvalue weighted by Crippen LogP contribution is -2.53. The van der Waals surface area contributed by atoms with Gasteiger partial charge in [0.1, 0.15) is 0 Å². The quantitative estimate of drug-likeness (QED) is 0.340. The number of nitrogens with one attached hydrogen (secondary N) is 3. The summed E-state index contributed by atoms with van der Waals surface area (Å²) >= 11 is 0. The average molecular weight is 468 g/mol. The molecular weight excluding hydrogens is 439 g/mol. The number of halogens is 1. The van der Waals surface area contributed by atoms with Crippen molar-refractivity contribution in [3.05, 3.63) is 35.4 Å². The molecule has 0 radical (unpaired) electrons. The Morgan fingerprint density at radius 2 is 1.88 bits per heavy atom. The molecule has 0 heterocycles. The summed E-state index contributed by atoms with van der Waals surface area (Å²) in [6.45, 7) is 8.19. The third-order valence-electron chi connectivity index (χ3n) is 3.39. The molecule has 8 heteroatoms. The van der Waals surface area contributed by atoms with Gasteiger partial charge in [-0.25, -0.2) is 13.1 Å². The van der Waals surface area contributed by atoms with E-state index in [9.17, 15) is 8.42 Å². The van der Waals surface area contributed by atoms with E-state index in [1.807, 2.05) is 26.0 Å². The van der Waals surface area contributed by atoms with E-state index in [0.717, 1.165) is 6.26 Å². The van der Waals surface area contributed by atoms with Crippen LogP contribution in [0.25, 0.3) is 0 Å². The number of rotatable bonds is 6. The average Bonchev–Trinajstić information content (AvgIpc) is 2.41. The van der Waals surface area contributed by atoms with Crippen molar-refractivity contribution in [1.82, 2.24) is 15.4 Å². The van der Waals surface area contributed by atoms with E-state index >= 15 is 0 Å². The summed E-state index contributed by atoms with van der Waals surface area (Å²) in [5.41, 5.74) is 1.79. The molecule has 0 aliphatic rings. The fraction of sp³-hybridized carbons (Fsp3) is 0.562. The Labute approximate surface area is 163 Å². The van der Waals surface area contributed by atoms with Crippen molar-refractivity contribution in [2.45, 2.75) is 39.3 Å². The van der Waals surface area contributed by atoms with Crippen LogP contribution in [0.2, 0.25) is 0 Å². The van der Waals surface area contributed by atoms with Crippen LogP contribution in [0.5, 0.6) is 0 Å². The Hall–Kier alpha value is -0.870. The highest BCUT2D eigenvalue weighted by Crippen LogP contribution is 2.16. The molecule has 0 amide bonds. The normalized spacial score (nSPS) is 13.8. The van der Waals surface area contributed by atoms with Gasteiger partial charge in [0, 0.05) is 19.1 Å². The Kier molecular flexibility index (Phi) is 9.22. The Morgan fingerprint density at radius 3 is 2.38 bits per heavy atom. The molecule has 1 rings (SSSR count). The van der Waals surface area contributed by atoms with Crippen molar-refractivity contribution < 1.29 is 8.42 Å². The van der Waals surface area contributed by atoms with Gasteiger partial charge in [-0.2, -0.15) is 0 Å². The van der Waals surface area contributed by atoms with Crippen LogP contribution in [0.3, 0.4) is 0 Å². The van der Waals surface area contributed by atoms with Crippen molar-refractivity contribution in [2.24, 2.45) is 4.99 Å². The van der Waals surface area contributed by atoms with Crippen molar-refractivity contribution in [3.63, 3.8) is 0 Å². The summed E-state index contributed by atoms with van der Waals surface area (Å²) in [7, 11) is -1.57. The molecule has 0 saturated heterocycles. The third-order valence-corrected chi connectivity index (χ3v) is 4.31. The SMILES string of the molecule is CN=C(NCC(C)(C)NS(C)(=O)=O)NC(C)c1ccccc1C.I. The maximum Gasteiger partial charge on any atom is 0.209 e. The number of nitrogens with zero attached hydrogens (tertiary/aromatic N) is 1. The largest absolute Gasteiger partial charge is 0.355 e. The van der Waals surface area contributed by atoms with Gasteiger partial charge in [-0.15, -0.1) is 24.0 Å². The van der Waals surface area contributed by atoms with E-state index in [2.05, 4.69) is 46.3 Å². The van der Waals surface area contributed by atoms with E-state index in [1.54, 1.807) is 7.05 Å². The van der Waals surface area contributed by atoms with E-state index in [1.165, 1.54) is 11.1 Å². The maximum atomic E-state index is 11.4. The summed E-state index contributed by atoms with van der Waals surface area (Å²) < 4.78 is 25.3. The molecule has 0 spiro atoms. The summed E-state index contributed by atoms with van der Waals surface area (Å²) in [5, 5.41) is 6.49. The minimum Gasteiger partial charge on any atom is -0.355 e. The molecule has 0 fully saturated rings. The molecule has 0 aliphatic carbocycles. The second-order valence-electron chi connectivity index (χ2n) is 6.41. The van der Waals surface area contributed by atoms with E-state index < -0.39 is 15.6 Å². The van der Waals surface area contributed by atoms with E-state index in [0.29, 0.717) is 12.5 Å². The number of aliphatic imine (C=N–C) groups is 1. The van der Waals surface area contributed by atoms with Gasteiger partial charge in [0.05, 0.1) is 12.3 Å². The number of benzene rings is 1. The number of hydrogen-bond donors (Lipinski definition) is 3.